The first kappa shape index (κ1) is 23.3. The number of aromatic nitrogens is 4. The third-order valence-electron chi connectivity index (χ3n) is 7.02. The molecule has 0 bridgehead atoms. The molecule has 0 spiro atoms. The maximum absolute atomic E-state index is 5.19. The van der Waals surface area contributed by atoms with E-state index in [0.717, 1.165) is 71.4 Å². The number of nitrogens with one attached hydrogen (secondary N) is 2. The Hall–Kier alpha value is -4.11. The number of fused-ring (bicyclic) bond motifs is 1. The van der Waals surface area contributed by atoms with E-state index in [1.54, 1.807) is 6.20 Å². The first-order chi connectivity index (χ1) is 18.2. The standard InChI is InChI=1S/C28H31N9/c1-29-23-18-31-17-22(20-7-8-20)26(23)28(37-13-11-30-12-14-37)33-16-19-9-10-32-25(15-19)34-27-21-5-3-4-6-24(21)36(2)35-27/h3-6,9-10,15,17-18,20,30H,1,7-8,11-14,16H2,2H3,(H,32,34,35)/b33-28+. The summed E-state index contributed by atoms with van der Waals surface area (Å²) in [6, 6.07) is 12.2. The molecule has 2 fully saturated rings. The van der Waals surface area contributed by atoms with E-state index in [1.165, 1.54) is 18.4 Å². The lowest BCUT2D eigenvalue weighted by molar-refractivity contribution is 0.357. The molecule has 2 N–H and O–H groups in total. The normalized spacial score (nSPS) is 16.2. The molecule has 9 heteroatoms. The molecule has 0 radical (unpaired) electrons. The summed E-state index contributed by atoms with van der Waals surface area (Å²) < 4.78 is 1.88. The second-order valence-electron chi connectivity index (χ2n) is 9.60. The van der Waals surface area contributed by atoms with E-state index in [1.807, 2.05) is 48.4 Å². The minimum absolute atomic E-state index is 0.530. The molecule has 3 aromatic heterocycles. The Bertz CT molecular complexity index is 1460. The lowest BCUT2D eigenvalue weighted by Crippen LogP contribution is -2.47. The number of hydrogen-bond donors (Lipinski definition) is 2. The molecule has 1 aliphatic heterocycles. The van der Waals surface area contributed by atoms with Crippen molar-refractivity contribution in [2.75, 3.05) is 31.5 Å². The van der Waals surface area contributed by atoms with Crippen molar-refractivity contribution < 1.29 is 0 Å². The third kappa shape index (κ3) is 4.82. The summed E-state index contributed by atoms with van der Waals surface area (Å²) in [6.45, 7) is 8.03. The number of para-hydroxylation sites is 1. The number of anilines is 2. The summed E-state index contributed by atoms with van der Waals surface area (Å²) in [5.74, 6) is 3.05. The van der Waals surface area contributed by atoms with Gasteiger partial charge in [0.05, 0.1) is 23.9 Å². The Balaban J connectivity index is 1.32. The average Bonchev–Trinajstić information content (AvgIpc) is 3.74. The van der Waals surface area contributed by atoms with E-state index in [-0.39, 0.29) is 0 Å². The van der Waals surface area contributed by atoms with Gasteiger partial charge >= 0.3 is 0 Å². The molecule has 1 aromatic carbocycles. The van der Waals surface area contributed by atoms with E-state index in [4.69, 9.17) is 4.99 Å². The maximum Gasteiger partial charge on any atom is 0.161 e. The van der Waals surface area contributed by atoms with Gasteiger partial charge in [0, 0.05) is 56.6 Å². The number of aryl methyl sites for hydroxylation is 1. The van der Waals surface area contributed by atoms with Gasteiger partial charge in [0.15, 0.2) is 5.82 Å². The molecular weight excluding hydrogens is 462 g/mol. The molecule has 4 aromatic rings. The highest BCUT2D eigenvalue weighted by Crippen LogP contribution is 2.43. The zero-order chi connectivity index (χ0) is 25.2. The number of aliphatic imine (C=N–C) groups is 2. The predicted octanol–water partition coefficient (Wildman–Crippen LogP) is 4.17. The van der Waals surface area contributed by atoms with Gasteiger partial charge in [-0.3, -0.25) is 19.7 Å². The fourth-order valence-corrected chi connectivity index (χ4v) is 4.98. The van der Waals surface area contributed by atoms with Crippen molar-refractivity contribution in [3.05, 3.63) is 71.7 Å². The second-order valence-corrected chi connectivity index (χ2v) is 9.60. The van der Waals surface area contributed by atoms with Gasteiger partial charge < -0.3 is 15.5 Å². The van der Waals surface area contributed by atoms with E-state index in [9.17, 15) is 0 Å². The van der Waals surface area contributed by atoms with Crippen LogP contribution in [0.2, 0.25) is 0 Å². The van der Waals surface area contributed by atoms with Gasteiger partial charge in [-0.15, -0.1) is 0 Å². The quantitative estimate of drug-likeness (QED) is 0.296. The molecule has 1 saturated carbocycles. The predicted molar refractivity (Wildman–Crippen MR) is 148 cm³/mol. The highest BCUT2D eigenvalue weighted by Gasteiger charge is 2.31. The van der Waals surface area contributed by atoms with Crippen LogP contribution in [-0.4, -0.2) is 63.4 Å². The Morgan fingerprint density at radius 3 is 2.81 bits per heavy atom. The lowest BCUT2D eigenvalue weighted by Gasteiger charge is -2.32. The summed E-state index contributed by atoms with van der Waals surface area (Å²) in [4.78, 5) is 20.9. The zero-order valence-electron chi connectivity index (χ0n) is 21.1. The average molecular weight is 494 g/mol. The molecule has 37 heavy (non-hydrogen) atoms. The van der Waals surface area contributed by atoms with Crippen LogP contribution in [-0.2, 0) is 13.6 Å². The molecular formula is C28H31N9. The molecule has 2 aliphatic rings. The summed E-state index contributed by atoms with van der Waals surface area (Å²) in [5.41, 5.74) is 5.27. The summed E-state index contributed by atoms with van der Waals surface area (Å²) in [7, 11) is 1.95. The van der Waals surface area contributed by atoms with Crippen molar-refractivity contribution in [1.82, 2.24) is 30.0 Å². The smallest absolute Gasteiger partial charge is 0.161 e. The molecule has 9 nitrogen and oxygen atoms in total. The monoisotopic (exact) mass is 493 g/mol. The molecule has 1 aliphatic carbocycles. The van der Waals surface area contributed by atoms with Crippen LogP contribution in [0.15, 0.2) is 65.0 Å². The molecule has 0 unspecified atom stereocenters. The van der Waals surface area contributed by atoms with Gasteiger partial charge in [-0.05, 0) is 60.9 Å². The highest BCUT2D eigenvalue weighted by atomic mass is 15.3. The zero-order valence-corrected chi connectivity index (χ0v) is 21.1. The number of hydrogen-bond acceptors (Lipinski definition) is 7. The Kier molecular flexibility index (Phi) is 6.36. The van der Waals surface area contributed by atoms with Crippen molar-refractivity contribution in [2.24, 2.45) is 17.0 Å². The first-order valence-corrected chi connectivity index (χ1v) is 12.8. The van der Waals surface area contributed by atoms with E-state index in [0.29, 0.717) is 12.5 Å². The molecule has 188 valence electrons. The van der Waals surface area contributed by atoms with Crippen LogP contribution in [0.25, 0.3) is 10.9 Å². The van der Waals surface area contributed by atoms with Crippen LogP contribution in [0.4, 0.5) is 17.3 Å². The molecule has 0 atom stereocenters. The fourth-order valence-electron chi connectivity index (χ4n) is 4.98. The van der Waals surface area contributed by atoms with Gasteiger partial charge in [-0.2, -0.15) is 5.10 Å². The van der Waals surface area contributed by atoms with Gasteiger partial charge in [0.2, 0.25) is 0 Å². The number of rotatable bonds is 7. The van der Waals surface area contributed by atoms with Gasteiger partial charge in [0.1, 0.15) is 11.7 Å². The van der Waals surface area contributed by atoms with E-state index >= 15 is 0 Å². The number of pyridine rings is 2. The van der Waals surface area contributed by atoms with Crippen molar-refractivity contribution in [3.63, 3.8) is 0 Å². The Labute approximate surface area is 216 Å². The summed E-state index contributed by atoms with van der Waals surface area (Å²) in [6.07, 6.45) is 7.99. The Morgan fingerprint density at radius 2 is 2.00 bits per heavy atom. The van der Waals surface area contributed by atoms with Crippen LogP contribution < -0.4 is 10.6 Å². The molecule has 4 heterocycles. The van der Waals surface area contributed by atoms with Crippen LogP contribution >= 0.6 is 0 Å². The third-order valence-corrected chi connectivity index (χ3v) is 7.02. The lowest BCUT2D eigenvalue weighted by atomic mass is 10.0. The van der Waals surface area contributed by atoms with Gasteiger partial charge in [0.25, 0.3) is 0 Å². The minimum atomic E-state index is 0.530. The van der Waals surface area contributed by atoms with Crippen LogP contribution in [0.1, 0.15) is 35.4 Å². The molecule has 0 amide bonds. The van der Waals surface area contributed by atoms with Crippen molar-refractivity contribution in [1.29, 1.82) is 0 Å². The number of piperazine rings is 1. The largest absolute Gasteiger partial charge is 0.354 e. The Morgan fingerprint density at radius 1 is 1.16 bits per heavy atom. The number of nitrogens with zero attached hydrogens (tertiary/aromatic N) is 7. The van der Waals surface area contributed by atoms with Crippen molar-refractivity contribution in [3.8, 4) is 0 Å². The van der Waals surface area contributed by atoms with Crippen LogP contribution in [0.3, 0.4) is 0 Å². The van der Waals surface area contributed by atoms with Crippen LogP contribution in [0, 0.1) is 0 Å². The summed E-state index contributed by atoms with van der Waals surface area (Å²) in [5, 5.41) is 12.6. The second kappa shape index (κ2) is 10.1. The van der Waals surface area contributed by atoms with Crippen LogP contribution in [0.5, 0.6) is 0 Å². The van der Waals surface area contributed by atoms with Gasteiger partial charge in [-0.25, -0.2) is 4.98 Å². The maximum atomic E-state index is 5.19. The fraction of sp³-hybridized carbons (Fsp3) is 0.321. The SMILES string of the molecule is C=Nc1cncc(C2CC2)c1/C(=N\Cc1ccnc(Nc2nn(C)c3ccccc23)c1)N1CCNCC1. The van der Waals surface area contributed by atoms with E-state index < -0.39 is 0 Å². The number of amidine groups is 1. The first-order valence-electron chi connectivity index (χ1n) is 12.8. The van der Waals surface area contributed by atoms with Gasteiger partial charge in [-0.1, -0.05) is 12.1 Å². The number of benzene rings is 1. The molecule has 6 rings (SSSR count). The summed E-state index contributed by atoms with van der Waals surface area (Å²) >= 11 is 0. The van der Waals surface area contributed by atoms with Crippen molar-refractivity contribution in [2.45, 2.75) is 25.3 Å². The highest BCUT2D eigenvalue weighted by molar-refractivity contribution is 6.04. The van der Waals surface area contributed by atoms with Crippen molar-refractivity contribution >= 4 is 40.8 Å². The minimum Gasteiger partial charge on any atom is -0.354 e. The topological polar surface area (TPSA) is 95.6 Å². The molecule has 1 saturated heterocycles. The van der Waals surface area contributed by atoms with E-state index in [2.05, 4.69) is 54.4 Å².